The van der Waals surface area contributed by atoms with Crippen LogP contribution in [0.2, 0.25) is 0 Å². The van der Waals surface area contributed by atoms with Gasteiger partial charge in [0.25, 0.3) is 0 Å². The molecular formula is C28H25FN4O2S. The lowest BCUT2D eigenvalue weighted by molar-refractivity contribution is 0.401. The van der Waals surface area contributed by atoms with Gasteiger partial charge in [0.1, 0.15) is 11.9 Å². The molecule has 0 aromatic heterocycles. The van der Waals surface area contributed by atoms with E-state index in [1.807, 2.05) is 60.7 Å². The largest absolute Gasteiger partial charge is 0.243 e. The van der Waals surface area contributed by atoms with Gasteiger partial charge in [-0.15, -0.1) is 0 Å². The van der Waals surface area contributed by atoms with Crippen molar-refractivity contribution in [1.29, 1.82) is 0 Å². The fraction of sp³-hybridized carbons (Fsp3) is 0.143. The first-order chi connectivity index (χ1) is 17.5. The highest BCUT2D eigenvalue weighted by Gasteiger charge is 2.28. The quantitative estimate of drug-likeness (QED) is 0.292. The molecule has 0 aliphatic carbocycles. The van der Waals surface area contributed by atoms with Crippen molar-refractivity contribution in [2.24, 2.45) is 10.3 Å². The number of sulfonamides is 1. The fourth-order valence-electron chi connectivity index (χ4n) is 4.20. The van der Waals surface area contributed by atoms with E-state index in [4.69, 9.17) is 0 Å². The molecule has 0 bridgehead atoms. The molecule has 1 aliphatic heterocycles. The first-order valence-corrected chi connectivity index (χ1v) is 13.0. The molecule has 1 aliphatic rings. The average Bonchev–Trinajstić information content (AvgIpc) is 3.40. The molecule has 4 aromatic carbocycles. The summed E-state index contributed by atoms with van der Waals surface area (Å²) >= 11 is 0. The van der Waals surface area contributed by atoms with Crippen molar-refractivity contribution in [1.82, 2.24) is 4.31 Å². The van der Waals surface area contributed by atoms with E-state index in [1.165, 1.54) is 16.4 Å². The maximum atomic E-state index is 13.7. The second kappa shape index (κ2) is 10.4. The lowest BCUT2D eigenvalue weighted by Gasteiger charge is -2.24. The van der Waals surface area contributed by atoms with Crippen LogP contribution in [0, 0.1) is 5.82 Å². The van der Waals surface area contributed by atoms with E-state index in [2.05, 4.69) is 10.3 Å². The molecule has 0 fully saturated rings. The van der Waals surface area contributed by atoms with Gasteiger partial charge < -0.3 is 0 Å². The monoisotopic (exact) mass is 500 g/mol. The Balaban J connectivity index is 1.41. The Morgan fingerprint density at radius 1 is 0.778 bits per heavy atom. The summed E-state index contributed by atoms with van der Waals surface area (Å²) in [5.74, 6) is -0.303. The SMILES string of the molecule is O=S(=O)(c1ccc(N2N=NCC2c2ccc(F)cc2)cc1)N(Cc1ccccc1)Cc1ccccc1. The van der Waals surface area contributed by atoms with E-state index in [1.54, 1.807) is 41.4 Å². The van der Waals surface area contributed by atoms with E-state index in [-0.39, 0.29) is 29.8 Å². The third-order valence-electron chi connectivity index (χ3n) is 6.11. The van der Waals surface area contributed by atoms with Crippen molar-refractivity contribution in [3.8, 4) is 0 Å². The molecule has 36 heavy (non-hydrogen) atoms. The van der Waals surface area contributed by atoms with E-state index < -0.39 is 10.0 Å². The molecule has 1 heterocycles. The minimum Gasteiger partial charge on any atom is -0.238 e. The molecule has 6 nitrogen and oxygen atoms in total. The third-order valence-corrected chi connectivity index (χ3v) is 7.91. The summed E-state index contributed by atoms with van der Waals surface area (Å²) in [6.07, 6.45) is 0. The van der Waals surface area contributed by atoms with Gasteiger partial charge in [-0.1, -0.05) is 78.0 Å². The molecule has 182 valence electrons. The van der Waals surface area contributed by atoms with Gasteiger partial charge in [-0.05, 0) is 53.1 Å². The Labute approximate surface area is 210 Å². The molecule has 4 aromatic rings. The van der Waals surface area contributed by atoms with E-state index in [9.17, 15) is 12.8 Å². The Morgan fingerprint density at radius 3 is 1.89 bits per heavy atom. The topological polar surface area (TPSA) is 65.3 Å². The van der Waals surface area contributed by atoms with Crippen LogP contribution in [-0.2, 0) is 23.1 Å². The molecule has 0 saturated carbocycles. The maximum Gasteiger partial charge on any atom is 0.243 e. The zero-order valence-electron chi connectivity index (χ0n) is 19.5. The molecule has 8 heteroatoms. The van der Waals surface area contributed by atoms with Crippen LogP contribution in [0.1, 0.15) is 22.7 Å². The minimum absolute atomic E-state index is 0.180. The second-order valence-corrected chi connectivity index (χ2v) is 10.5. The molecule has 1 unspecified atom stereocenters. The third kappa shape index (κ3) is 5.19. The first kappa shape index (κ1) is 23.8. The molecule has 0 spiro atoms. The van der Waals surface area contributed by atoms with E-state index in [0.717, 1.165) is 16.7 Å². The number of hydrogen-bond acceptors (Lipinski definition) is 5. The van der Waals surface area contributed by atoms with Crippen molar-refractivity contribution in [3.05, 3.63) is 132 Å². The smallest absolute Gasteiger partial charge is 0.238 e. The van der Waals surface area contributed by atoms with Crippen molar-refractivity contribution >= 4 is 15.7 Å². The zero-order chi connectivity index (χ0) is 25.0. The molecule has 1 atom stereocenters. The summed E-state index contributed by atoms with van der Waals surface area (Å²) < 4.78 is 42.3. The number of hydrogen-bond donors (Lipinski definition) is 0. The van der Waals surface area contributed by atoms with Crippen molar-refractivity contribution in [2.75, 3.05) is 11.6 Å². The highest BCUT2D eigenvalue weighted by Crippen LogP contribution is 2.33. The Hall–Kier alpha value is -3.88. The Morgan fingerprint density at radius 2 is 1.33 bits per heavy atom. The molecule has 0 radical (unpaired) electrons. The maximum absolute atomic E-state index is 13.7. The summed E-state index contributed by atoms with van der Waals surface area (Å²) in [7, 11) is -3.79. The van der Waals surface area contributed by atoms with Crippen LogP contribution < -0.4 is 5.01 Å². The minimum atomic E-state index is -3.79. The summed E-state index contributed by atoms with van der Waals surface area (Å²) in [5.41, 5.74) is 3.42. The number of halogens is 1. The van der Waals surface area contributed by atoms with Crippen LogP contribution in [-0.4, -0.2) is 19.3 Å². The van der Waals surface area contributed by atoms with Gasteiger partial charge in [0, 0.05) is 13.1 Å². The van der Waals surface area contributed by atoms with E-state index in [0.29, 0.717) is 12.2 Å². The highest BCUT2D eigenvalue weighted by molar-refractivity contribution is 7.89. The predicted molar refractivity (Wildman–Crippen MR) is 137 cm³/mol. The number of benzene rings is 4. The van der Waals surface area contributed by atoms with Crippen LogP contribution >= 0.6 is 0 Å². The van der Waals surface area contributed by atoms with Crippen LogP contribution in [0.15, 0.2) is 124 Å². The second-order valence-electron chi connectivity index (χ2n) is 8.56. The van der Waals surface area contributed by atoms with Gasteiger partial charge in [-0.2, -0.15) is 9.42 Å². The standard InChI is InChI=1S/C28H25FN4O2S/c29-25-13-11-24(12-14-25)28-19-30-31-33(28)26-15-17-27(18-16-26)36(34,35)32(20-22-7-3-1-4-8-22)21-23-9-5-2-6-10-23/h1-18,28H,19-21H2. The van der Waals surface area contributed by atoms with Crippen molar-refractivity contribution in [3.63, 3.8) is 0 Å². The van der Waals surface area contributed by atoms with Gasteiger partial charge in [-0.3, -0.25) is 0 Å². The Bertz CT molecular complexity index is 1390. The van der Waals surface area contributed by atoms with Gasteiger partial charge >= 0.3 is 0 Å². The summed E-state index contributed by atoms with van der Waals surface area (Å²) in [6.45, 7) is 0.952. The highest BCUT2D eigenvalue weighted by atomic mass is 32.2. The zero-order valence-corrected chi connectivity index (χ0v) is 20.3. The van der Waals surface area contributed by atoms with Crippen LogP contribution in [0.3, 0.4) is 0 Å². The van der Waals surface area contributed by atoms with Crippen LogP contribution in [0.5, 0.6) is 0 Å². The van der Waals surface area contributed by atoms with Crippen molar-refractivity contribution < 1.29 is 12.8 Å². The summed E-state index contributed by atoms with van der Waals surface area (Å²) in [4.78, 5) is 0.201. The van der Waals surface area contributed by atoms with Gasteiger partial charge in [0.05, 0.1) is 17.1 Å². The Kier molecular flexibility index (Phi) is 6.88. The van der Waals surface area contributed by atoms with Crippen molar-refractivity contribution in [2.45, 2.75) is 24.0 Å². The summed E-state index contributed by atoms with van der Waals surface area (Å²) in [5, 5.41) is 10.1. The number of anilines is 1. The van der Waals surface area contributed by atoms with Gasteiger partial charge in [-0.25, -0.2) is 17.8 Å². The summed E-state index contributed by atoms with van der Waals surface area (Å²) in [6, 6.07) is 31.9. The molecular weight excluding hydrogens is 475 g/mol. The lowest BCUT2D eigenvalue weighted by Crippen LogP contribution is -2.30. The number of rotatable bonds is 8. The number of nitrogens with zero attached hydrogens (tertiary/aromatic N) is 4. The molecule has 0 N–H and O–H groups in total. The van der Waals surface area contributed by atoms with Crippen LogP contribution in [0.25, 0.3) is 0 Å². The molecule has 0 saturated heterocycles. The lowest BCUT2D eigenvalue weighted by atomic mass is 10.1. The molecule has 5 rings (SSSR count). The van der Waals surface area contributed by atoms with Gasteiger partial charge in [0.2, 0.25) is 10.0 Å². The average molecular weight is 501 g/mol. The van der Waals surface area contributed by atoms with E-state index >= 15 is 0 Å². The van der Waals surface area contributed by atoms with Crippen LogP contribution in [0.4, 0.5) is 10.1 Å². The molecule has 0 amide bonds. The first-order valence-electron chi connectivity index (χ1n) is 11.6. The normalized spacial score (nSPS) is 15.5. The fourth-order valence-corrected chi connectivity index (χ4v) is 5.62. The van der Waals surface area contributed by atoms with Gasteiger partial charge in [0.15, 0.2) is 0 Å². The predicted octanol–water partition coefficient (Wildman–Crippen LogP) is 6.15.